The third-order valence-corrected chi connectivity index (χ3v) is 2.52. The Bertz CT molecular complexity index is 539. The lowest BCUT2D eigenvalue weighted by Crippen LogP contribution is -2.38. The molecule has 0 fully saturated rings. The molecule has 0 bridgehead atoms. The van der Waals surface area contributed by atoms with E-state index in [1.165, 1.54) is 0 Å². The van der Waals surface area contributed by atoms with Gasteiger partial charge in [0, 0.05) is 18.1 Å². The molecule has 0 aliphatic rings. The van der Waals surface area contributed by atoms with E-state index in [4.69, 9.17) is 5.11 Å². The van der Waals surface area contributed by atoms with Gasteiger partial charge in [-0.2, -0.15) is 5.10 Å². The van der Waals surface area contributed by atoms with E-state index in [1.807, 2.05) is 30.5 Å². The Labute approximate surface area is 111 Å². The number of anilines is 1. The zero-order chi connectivity index (χ0) is 13.7. The van der Waals surface area contributed by atoms with Gasteiger partial charge in [0.2, 0.25) is 0 Å². The van der Waals surface area contributed by atoms with Gasteiger partial charge in [0.25, 0.3) is 0 Å². The van der Waals surface area contributed by atoms with Crippen molar-refractivity contribution in [1.82, 2.24) is 15.1 Å². The topological polar surface area (TPSA) is 79.2 Å². The van der Waals surface area contributed by atoms with Crippen LogP contribution in [0.25, 0.3) is 5.69 Å². The summed E-state index contributed by atoms with van der Waals surface area (Å²) in [7, 11) is 0. The fourth-order valence-corrected chi connectivity index (χ4v) is 1.58. The summed E-state index contributed by atoms with van der Waals surface area (Å²) >= 11 is 0. The Morgan fingerprint density at radius 1 is 1.47 bits per heavy atom. The summed E-state index contributed by atoms with van der Waals surface area (Å²) in [4.78, 5) is 11.6. The number of benzene rings is 1. The summed E-state index contributed by atoms with van der Waals surface area (Å²) in [6, 6.07) is 8.53. The molecular weight excluding hydrogens is 244 g/mol. The normalized spacial score (nSPS) is 11.9. The smallest absolute Gasteiger partial charge is 0.319 e. The predicted octanol–water partition coefficient (Wildman–Crippen LogP) is 1.37. The molecule has 3 N–H and O–H groups in total. The maximum atomic E-state index is 11.6. The van der Waals surface area contributed by atoms with Crippen LogP contribution in [0.1, 0.15) is 6.92 Å². The number of amides is 2. The SMILES string of the molecule is C[C@H](CO)NC(=O)Nc1cccc(-n2cccn2)c1. The van der Waals surface area contributed by atoms with Crippen molar-refractivity contribution in [3.63, 3.8) is 0 Å². The quantitative estimate of drug-likeness (QED) is 0.777. The van der Waals surface area contributed by atoms with E-state index in [1.54, 1.807) is 23.9 Å². The van der Waals surface area contributed by atoms with Crippen LogP contribution >= 0.6 is 0 Å². The molecule has 19 heavy (non-hydrogen) atoms. The second-order valence-electron chi connectivity index (χ2n) is 4.18. The fourth-order valence-electron chi connectivity index (χ4n) is 1.58. The van der Waals surface area contributed by atoms with Gasteiger partial charge in [-0.15, -0.1) is 0 Å². The van der Waals surface area contributed by atoms with E-state index in [0.29, 0.717) is 5.69 Å². The summed E-state index contributed by atoms with van der Waals surface area (Å²) in [5, 5.41) is 18.3. The molecule has 2 aromatic rings. The third-order valence-electron chi connectivity index (χ3n) is 2.52. The predicted molar refractivity (Wildman–Crippen MR) is 72.3 cm³/mol. The second-order valence-corrected chi connectivity index (χ2v) is 4.18. The number of hydrogen-bond acceptors (Lipinski definition) is 3. The van der Waals surface area contributed by atoms with Gasteiger partial charge in [0.15, 0.2) is 0 Å². The molecule has 6 heteroatoms. The van der Waals surface area contributed by atoms with Crippen molar-refractivity contribution >= 4 is 11.7 Å². The maximum Gasteiger partial charge on any atom is 0.319 e. The van der Waals surface area contributed by atoms with Crippen LogP contribution in [0.4, 0.5) is 10.5 Å². The number of nitrogens with one attached hydrogen (secondary N) is 2. The minimum absolute atomic E-state index is 0.0965. The molecule has 0 radical (unpaired) electrons. The van der Waals surface area contributed by atoms with Gasteiger partial charge in [-0.1, -0.05) is 6.07 Å². The number of hydrogen-bond donors (Lipinski definition) is 3. The highest BCUT2D eigenvalue weighted by molar-refractivity contribution is 5.89. The van der Waals surface area contributed by atoms with Gasteiger partial charge >= 0.3 is 6.03 Å². The van der Waals surface area contributed by atoms with Crippen LogP contribution in [-0.4, -0.2) is 33.6 Å². The van der Waals surface area contributed by atoms with Crippen LogP contribution in [0.2, 0.25) is 0 Å². The summed E-state index contributed by atoms with van der Waals surface area (Å²) < 4.78 is 1.71. The van der Waals surface area contributed by atoms with Crippen molar-refractivity contribution in [1.29, 1.82) is 0 Å². The largest absolute Gasteiger partial charge is 0.394 e. The van der Waals surface area contributed by atoms with E-state index >= 15 is 0 Å². The molecule has 0 aliphatic heterocycles. The van der Waals surface area contributed by atoms with Gasteiger partial charge in [-0.3, -0.25) is 0 Å². The molecule has 0 saturated carbocycles. The molecule has 0 spiro atoms. The van der Waals surface area contributed by atoms with E-state index in [9.17, 15) is 4.79 Å². The Morgan fingerprint density at radius 3 is 3.00 bits per heavy atom. The van der Waals surface area contributed by atoms with Crippen LogP contribution in [0.15, 0.2) is 42.7 Å². The number of carbonyl (C=O) groups is 1. The molecule has 0 saturated heterocycles. The average Bonchev–Trinajstić information content (AvgIpc) is 2.92. The molecule has 100 valence electrons. The lowest BCUT2D eigenvalue weighted by molar-refractivity contribution is 0.229. The third kappa shape index (κ3) is 3.56. The number of aliphatic hydroxyl groups excluding tert-OH is 1. The molecule has 2 amide bonds. The number of rotatable bonds is 4. The highest BCUT2D eigenvalue weighted by Crippen LogP contribution is 2.13. The number of urea groups is 1. The molecule has 6 nitrogen and oxygen atoms in total. The van der Waals surface area contributed by atoms with E-state index in [2.05, 4.69) is 15.7 Å². The van der Waals surface area contributed by atoms with Crippen LogP contribution in [0.5, 0.6) is 0 Å². The Morgan fingerprint density at radius 2 is 2.32 bits per heavy atom. The highest BCUT2D eigenvalue weighted by Gasteiger charge is 2.06. The van der Waals surface area contributed by atoms with Crippen molar-refractivity contribution in [2.24, 2.45) is 0 Å². The molecular formula is C13H16N4O2. The van der Waals surface area contributed by atoms with Gasteiger partial charge < -0.3 is 15.7 Å². The summed E-state index contributed by atoms with van der Waals surface area (Å²) in [5.41, 5.74) is 1.52. The molecule has 1 atom stereocenters. The minimum Gasteiger partial charge on any atom is -0.394 e. The summed E-state index contributed by atoms with van der Waals surface area (Å²) in [5.74, 6) is 0. The fraction of sp³-hybridized carbons (Fsp3) is 0.231. The lowest BCUT2D eigenvalue weighted by Gasteiger charge is -2.12. The van der Waals surface area contributed by atoms with Gasteiger partial charge in [0.1, 0.15) is 0 Å². The second kappa shape index (κ2) is 6.01. The highest BCUT2D eigenvalue weighted by atomic mass is 16.3. The first-order valence-corrected chi connectivity index (χ1v) is 5.97. The maximum absolute atomic E-state index is 11.6. The molecule has 1 aromatic heterocycles. The van der Waals surface area contributed by atoms with Crippen LogP contribution < -0.4 is 10.6 Å². The zero-order valence-electron chi connectivity index (χ0n) is 10.6. The van der Waals surface area contributed by atoms with Gasteiger partial charge in [-0.25, -0.2) is 9.48 Å². The van der Waals surface area contributed by atoms with E-state index < -0.39 is 0 Å². The number of aliphatic hydroxyl groups is 1. The number of nitrogens with zero attached hydrogens (tertiary/aromatic N) is 2. The van der Waals surface area contributed by atoms with E-state index in [0.717, 1.165) is 5.69 Å². The van der Waals surface area contributed by atoms with Crippen molar-refractivity contribution in [2.75, 3.05) is 11.9 Å². The Kier molecular flexibility index (Phi) is 4.15. The van der Waals surface area contributed by atoms with Crippen molar-refractivity contribution in [2.45, 2.75) is 13.0 Å². The molecule has 1 heterocycles. The molecule has 2 rings (SSSR count). The van der Waals surface area contributed by atoms with Gasteiger partial charge in [0.05, 0.1) is 18.3 Å². The first kappa shape index (κ1) is 13.1. The monoisotopic (exact) mass is 260 g/mol. The molecule has 0 unspecified atom stereocenters. The lowest BCUT2D eigenvalue weighted by atomic mass is 10.3. The standard InChI is InChI=1S/C13H16N4O2/c1-10(9-18)15-13(19)16-11-4-2-5-12(8-11)17-7-3-6-14-17/h2-8,10,18H,9H2,1H3,(H2,15,16,19)/t10-/m1/s1. The minimum atomic E-state index is -0.348. The first-order chi connectivity index (χ1) is 9.19. The van der Waals surface area contributed by atoms with Crippen molar-refractivity contribution < 1.29 is 9.90 Å². The molecule has 1 aromatic carbocycles. The van der Waals surface area contributed by atoms with Crippen LogP contribution in [-0.2, 0) is 0 Å². The van der Waals surface area contributed by atoms with Crippen molar-refractivity contribution in [3.8, 4) is 5.69 Å². The van der Waals surface area contributed by atoms with Gasteiger partial charge in [-0.05, 0) is 31.2 Å². The summed E-state index contributed by atoms with van der Waals surface area (Å²) in [6.07, 6.45) is 3.52. The number of aromatic nitrogens is 2. The van der Waals surface area contributed by atoms with Crippen LogP contribution in [0, 0.1) is 0 Å². The molecule has 0 aliphatic carbocycles. The number of carbonyl (C=O) groups excluding carboxylic acids is 1. The zero-order valence-corrected chi connectivity index (χ0v) is 10.6. The average molecular weight is 260 g/mol. The Balaban J connectivity index is 2.05. The summed E-state index contributed by atoms with van der Waals surface area (Å²) in [6.45, 7) is 1.63. The van der Waals surface area contributed by atoms with Crippen LogP contribution in [0.3, 0.4) is 0 Å². The first-order valence-electron chi connectivity index (χ1n) is 5.97. The Hall–Kier alpha value is -2.34. The van der Waals surface area contributed by atoms with Crippen molar-refractivity contribution in [3.05, 3.63) is 42.7 Å². The van der Waals surface area contributed by atoms with E-state index in [-0.39, 0.29) is 18.7 Å².